The molecular weight excluding hydrogens is 396 g/mol. The van der Waals surface area contributed by atoms with Gasteiger partial charge in [-0.15, -0.1) is 6.42 Å². The van der Waals surface area contributed by atoms with Crippen LogP contribution in [-0.2, 0) is 11.2 Å². The molecular formula is C22H27ClO6. The van der Waals surface area contributed by atoms with Crippen LogP contribution in [0.15, 0.2) is 46.5 Å². The zero-order valence-electron chi connectivity index (χ0n) is 16.5. The summed E-state index contributed by atoms with van der Waals surface area (Å²) in [4.78, 5) is 0. The first kappa shape index (κ1) is 23.4. The lowest BCUT2D eigenvalue weighted by molar-refractivity contribution is -0.219. The molecule has 4 N–H and O–H groups in total. The van der Waals surface area contributed by atoms with Crippen molar-refractivity contribution in [2.45, 2.75) is 50.8 Å². The Labute approximate surface area is 176 Å². The summed E-state index contributed by atoms with van der Waals surface area (Å²) in [5.74, 6) is 3.08. The number of hydrogen-bond acceptors (Lipinski definition) is 6. The van der Waals surface area contributed by atoms with Crippen LogP contribution in [0.3, 0.4) is 0 Å². The lowest BCUT2D eigenvalue weighted by Gasteiger charge is -2.40. The minimum Gasteiger partial charge on any atom is -0.481 e. The molecule has 1 saturated heterocycles. The van der Waals surface area contributed by atoms with E-state index in [1.807, 2.05) is 24.3 Å². The fourth-order valence-electron chi connectivity index (χ4n) is 3.16. The van der Waals surface area contributed by atoms with Gasteiger partial charge in [-0.3, -0.25) is 0 Å². The monoisotopic (exact) mass is 422 g/mol. The second-order valence-corrected chi connectivity index (χ2v) is 7.58. The number of terminal acetylenes is 1. The summed E-state index contributed by atoms with van der Waals surface area (Å²) >= 11 is 6.28. The molecule has 7 heteroatoms. The number of halogens is 1. The normalized spacial score (nSPS) is 28.5. The number of hydrogen-bond donors (Lipinski definition) is 4. The molecule has 0 unspecified atom stereocenters. The molecule has 1 aliphatic rings. The fraction of sp³-hybridized carbons (Fsp3) is 0.455. The summed E-state index contributed by atoms with van der Waals surface area (Å²) in [5, 5.41) is 40.2. The van der Waals surface area contributed by atoms with Crippen molar-refractivity contribution in [1.29, 1.82) is 0 Å². The second-order valence-electron chi connectivity index (χ2n) is 7.01. The van der Waals surface area contributed by atoms with Crippen LogP contribution in [0.4, 0.5) is 0 Å². The third-order valence-electron chi connectivity index (χ3n) is 4.83. The first-order valence-corrected chi connectivity index (χ1v) is 9.65. The van der Waals surface area contributed by atoms with Gasteiger partial charge < -0.3 is 29.9 Å². The summed E-state index contributed by atoms with van der Waals surface area (Å²) in [5.41, 5.74) is 2.41. The van der Waals surface area contributed by atoms with E-state index >= 15 is 0 Å². The summed E-state index contributed by atoms with van der Waals surface area (Å²) < 4.78 is 11.0. The van der Waals surface area contributed by atoms with Crippen LogP contribution in [-0.4, -0.2) is 64.2 Å². The number of benzene rings is 1. The number of ether oxygens (including phenoxy) is 2. The zero-order valence-corrected chi connectivity index (χ0v) is 17.2. The Hall–Kier alpha value is -1.85. The SMILES string of the molecule is C#CCOc1ccc(CC(/C=C(\C)[C@@H]2O[C@H](CO)[C@@H](O)[C@H](O)[C@H]2O)=C(/C)Cl)cc1. The minimum atomic E-state index is -1.42. The number of aliphatic hydroxyl groups is 4. The molecule has 29 heavy (non-hydrogen) atoms. The average molecular weight is 423 g/mol. The van der Waals surface area contributed by atoms with Gasteiger partial charge in [0.05, 0.1) is 6.61 Å². The molecule has 1 aromatic rings. The van der Waals surface area contributed by atoms with Crippen molar-refractivity contribution in [3.63, 3.8) is 0 Å². The van der Waals surface area contributed by atoms with Gasteiger partial charge in [0.15, 0.2) is 0 Å². The van der Waals surface area contributed by atoms with Crippen molar-refractivity contribution >= 4 is 11.6 Å². The predicted octanol–water partition coefficient (Wildman–Crippen LogP) is 1.54. The van der Waals surface area contributed by atoms with Crippen molar-refractivity contribution in [3.8, 4) is 18.1 Å². The van der Waals surface area contributed by atoms with E-state index in [1.54, 1.807) is 19.9 Å². The van der Waals surface area contributed by atoms with Crippen LogP contribution >= 0.6 is 11.6 Å². The summed E-state index contributed by atoms with van der Waals surface area (Å²) in [6.45, 7) is 3.23. The van der Waals surface area contributed by atoms with Crippen molar-refractivity contribution in [3.05, 3.63) is 52.1 Å². The lowest BCUT2D eigenvalue weighted by atomic mass is 9.90. The molecule has 1 heterocycles. The van der Waals surface area contributed by atoms with Gasteiger partial charge in [-0.05, 0) is 49.1 Å². The first-order chi connectivity index (χ1) is 13.8. The van der Waals surface area contributed by atoms with Crippen LogP contribution in [0.1, 0.15) is 19.4 Å². The fourth-order valence-corrected chi connectivity index (χ4v) is 3.28. The number of rotatable bonds is 7. The molecule has 0 aromatic heterocycles. The Morgan fingerprint density at radius 3 is 2.38 bits per heavy atom. The number of allylic oxidation sites excluding steroid dienone is 3. The van der Waals surface area contributed by atoms with E-state index in [0.29, 0.717) is 22.8 Å². The van der Waals surface area contributed by atoms with Gasteiger partial charge >= 0.3 is 0 Å². The molecule has 1 aromatic carbocycles. The quantitative estimate of drug-likeness (QED) is 0.393. The average Bonchev–Trinajstić information content (AvgIpc) is 2.71. The summed E-state index contributed by atoms with van der Waals surface area (Å²) in [6, 6.07) is 7.45. The highest BCUT2D eigenvalue weighted by atomic mass is 35.5. The molecule has 5 atom stereocenters. The van der Waals surface area contributed by atoms with Gasteiger partial charge in [-0.25, -0.2) is 0 Å². The van der Waals surface area contributed by atoms with E-state index < -0.39 is 37.1 Å². The van der Waals surface area contributed by atoms with E-state index in [1.165, 1.54) is 0 Å². The molecule has 1 aliphatic heterocycles. The molecule has 0 radical (unpaired) electrons. The Balaban J connectivity index is 2.17. The van der Waals surface area contributed by atoms with Crippen LogP contribution in [0, 0.1) is 12.3 Å². The molecule has 158 valence electrons. The molecule has 0 amide bonds. The topological polar surface area (TPSA) is 99.4 Å². The molecule has 0 spiro atoms. The zero-order chi connectivity index (χ0) is 21.6. The highest BCUT2D eigenvalue weighted by molar-refractivity contribution is 6.29. The Morgan fingerprint density at radius 1 is 1.17 bits per heavy atom. The van der Waals surface area contributed by atoms with Gasteiger partial charge in [0.25, 0.3) is 0 Å². The first-order valence-electron chi connectivity index (χ1n) is 9.27. The van der Waals surface area contributed by atoms with Crippen LogP contribution in [0.2, 0.25) is 0 Å². The van der Waals surface area contributed by atoms with Crippen molar-refractivity contribution in [2.24, 2.45) is 0 Å². The minimum absolute atomic E-state index is 0.201. The predicted molar refractivity (Wildman–Crippen MR) is 111 cm³/mol. The Bertz CT molecular complexity index is 773. The summed E-state index contributed by atoms with van der Waals surface area (Å²) in [7, 11) is 0. The highest BCUT2D eigenvalue weighted by Gasteiger charge is 2.43. The van der Waals surface area contributed by atoms with E-state index in [2.05, 4.69) is 5.92 Å². The van der Waals surface area contributed by atoms with Crippen LogP contribution in [0.25, 0.3) is 0 Å². The van der Waals surface area contributed by atoms with E-state index in [0.717, 1.165) is 11.1 Å². The maximum Gasteiger partial charge on any atom is 0.148 e. The van der Waals surface area contributed by atoms with Gasteiger partial charge in [-0.1, -0.05) is 35.7 Å². The standard InChI is InChI=1S/C22H27ClO6/c1-4-9-28-17-7-5-15(6-8-17)11-16(14(3)23)10-13(2)22-21(27)20(26)19(25)18(12-24)29-22/h1,5-8,10,18-22,24-27H,9,11-12H2,2-3H3/b13-10+,16-14-/t18-,19-,20+,21-,22+/m1/s1. The van der Waals surface area contributed by atoms with E-state index in [9.17, 15) is 20.4 Å². The van der Waals surface area contributed by atoms with Crippen molar-refractivity contribution < 1.29 is 29.9 Å². The van der Waals surface area contributed by atoms with Gasteiger partial charge in [0.2, 0.25) is 0 Å². The number of aliphatic hydroxyl groups excluding tert-OH is 4. The van der Waals surface area contributed by atoms with Crippen LogP contribution in [0.5, 0.6) is 5.75 Å². The highest BCUT2D eigenvalue weighted by Crippen LogP contribution is 2.28. The third kappa shape index (κ3) is 6.06. The smallest absolute Gasteiger partial charge is 0.148 e. The largest absolute Gasteiger partial charge is 0.481 e. The molecule has 0 aliphatic carbocycles. The molecule has 1 fully saturated rings. The van der Waals surface area contributed by atoms with E-state index in [-0.39, 0.29) is 6.61 Å². The molecule has 2 rings (SSSR count). The maximum atomic E-state index is 10.3. The third-order valence-corrected chi connectivity index (χ3v) is 5.07. The van der Waals surface area contributed by atoms with Gasteiger partial charge in [-0.2, -0.15) is 0 Å². The Morgan fingerprint density at radius 2 is 1.83 bits per heavy atom. The van der Waals surface area contributed by atoms with Gasteiger partial charge in [0.1, 0.15) is 42.9 Å². The van der Waals surface area contributed by atoms with Crippen molar-refractivity contribution in [2.75, 3.05) is 13.2 Å². The maximum absolute atomic E-state index is 10.3. The molecule has 0 saturated carbocycles. The van der Waals surface area contributed by atoms with E-state index in [4.69, 9.17) is 27.5 Å². The molecule has 6 nitrogen and oxygen atoms in total. The Kier molecular flexibility index (Phi) is 8.72. The van der Waals surface area contributed by atoms with Gasteiger partial charge in [0, 0.05) is 5.03 Å². The molecule has 0 bridgehead atoms. The van der Waals surface area contributed by atoms with Crippen LogP contribution < -0.4 is 4.74 Å². The van der Waals surface area contributed by atoms with Crippen molar-refractivity contribution in [1.82, 2.24) is 0 Å². The lowest BCUT2D eigenvalue weighted by Crippen LogP contribution is -2.58. The summed E-state index contributed by atoms with van der Waals surface area (Å²) in [6.07, 6.45) is 1.53. The second kappa shape index (κ2) is 10.8.